The van der Waals surface area contributed by atoms with Crippen LogP contribution in [-0.2, 0) is 16.0 Å². The van der Waals surface area contributed by atoms with Gasteiger partial charge in [0.25, 0.3) is 0 Å². The molecule has 0 radical (unpaired) electrons. The smallest absolute Gasteiger partial charge is 0.245 e. The molecule has 1 aliphatic rings. The number of nitrogens with one attached hydrogen (secondary N) is 1. The van der Waals surface area contributed by atoms with Gasteiger partial charge in [-0.25, -0.2) is 0 Å². The fraction of sp³-hybridized carbons (Fsp3) is 0.304. The van der Waals surface area contributed by atoms with Gasteiger partial charge in [-0.2, -0.15) is 0 Å². The molecular weight excluding hydrogens is 352 g/mol. The van der Waals surface area contributed by atoms with Gasteiger partial charge in [0.05, 0.1) is 7.11 Å². The lowest BCUT2D eigenvalue weighted by Crippen LogP contribution is -2.48. The molecule has 1 aliphatic heterocycles. The maximum absolute atomic E-state index is 12.9. The van der Waals surface area contributed by atoms with Crippen molar-refractivity contribution < 1.29 is 14.3 Å². The van der Waals surface area contributed by atoms with Crippen LogP contribution in [0.15, 0.2) is 60.7 Å². The summed E-state index contributed by atoms with van der Waals surface area (Å²) in [5.74, 6) is 0.439. The first kappa shape index (κ1) is 19.7. The number of hydrogen-bond acceptors (Lipinski definition) is 3. The van der Waals surface area contributed by atoms with Gasteiger partial charge in [0.1, 0.15) is 11.8 Å². The summed E-state index contributed by atoms with van der Waals surface area (Å²) in [5.41, 5.74) is 1.89. The SMILES string of the molecule is COc1cccc(C=CC(=O)NC(Cc2ccccc2)C(=O)N2CCCC2)c1. The number of rotatable bonds is 7. The number of amides is 2. The molecule has 1 saturated heterocycles. The highest BCUT2D eigenvalue weighted by Crippen LogP contribution is 2.14. The first-order valence-corrected chi connectivity index (χ1v) is 9.61. The third-order valence-electron chi connectivity index (χ3n) is 4.84. The number of carbonyl (C=O) groups is 2. The van der Waals surface area contributed by atoms with Crippen molar-refractivity contribution in [1.29, 1.82) is 0 Å². The summed E-state index contributed by atoms with van der Waals surface area (Å²) >= 11 is 0. The van der Waals surface area contributed by atoms with Crippen LogP contribution >= 0.6 is 0 Å². The van der Waals surface area contributed by atoms with Crippen molar-refractivity contribution in [3.63, 3.8) is 0 Å². The molecule has 3 rings (SSSR count). The standard InChI is InChI=1S/C23H26N2O3/c1-28-20-11-7-10-19(16-20)12-13-22(26)24-21(17-18-8-3-2-4-9-18)23(27)25-14-5-6-15-25/h2-4,7-13,16,21H,5-6,14-15,17H2,1H3,(H,24,26). The van der Waals surface area contributed by atoms with Crippen molar-refractivity contribution in [3.8, 4) is 5.75 Å². The normalized spacial score (nSPS) is 14.8. The first-order chi connectivity index (χ1) is 13.7. The minimum atomic E-state index is -0.567. The van der Waals surface area contributed by atoms with Crippen molar-refractivity contribution in [2.24, 2.45) is 0 Å². The predicted octanol–water partition coefficient (Wildman–Crippen LogP) is 3.06. The Morgan fingerprint density at radius 3 is 2.57 bits per heavy atom. The Morgan fingerprint density at radius 2 is 1.86 bits per heavy atom. The number of benzene rings is 2. The van der Waals surface area contributed by atoms with Gasteiger partial charge in [-0.3, -0.25) is 9.59 Å². The lowest BCUT2D eigenvalue weighted by atomic mass is 10.0. The van der Waals surface area contributed by atoms with E-state index in [1.165, 1.54) is 6.08 Å². The van der Waals surface area contributed by atoms with Crippen LogP contribution in [0.1, 0.15) is 24.0 Å². The minimum absolute atomic E-state index is 0.00974. The summed E-state index contributed by atoms with van der Waals surface area (Å²) in [4.78, 5) is 27.3. The van der Waals surface area contributed by atoms with Crippen molar-refractivity contribution in [3.05, 3.63) is 71.8 Å². The molecule has 0 spiro atoms. The molecule has 5 heteroatoms. The van der Waals surface area contributed by atoms with Gasteiger partial charge in [-0.1, -0.05) is 42.5 Å². The largest absolute Gasteiger partial charge is 0.497 e. The second kappa shape index (κ2) is 9.74. The fourth-order valence-corrected chi connectivity index (χ4v) is 3.34. The van der Waals surface area contributed by atoms with Crippen molar-refractivity contribution in [1.82, 2.24) is 10.2 Å². The molecule has 1 N–H and O–H groups in total. The molecule has 0 bridgehead atoms. The summed E-state index contributed by atoms with van der Waals surface area (Å²) in [6.45, 7) is 1.53. The Labute approximate surface area is 166 Å². The number of ether oxygens (including phenoxy) is 1. The van der Waals surface area contributed by atoms with E-state index in [9.17, 15) is 9.59 Å². The van der Waals surface area contributed by atoms with Gasteiger partial charge in [0.15, 0.2) is 0 Å². The van der Waals surface area contributed by atoms with E-state index in [-0.39, 0.29) is 11.8 Å². The second-order valence-electron chi connectivity index (χ2n) is 6.89. The minimum Gasteiger partial charge on any atom is -0.497 e. The fourth-order valence-electron chi connectivity index (χ4n) is 3.34. The van der Waals surface area contributed by atoms with Crippen LogP contribution < -0.4 is 10.1 Å². The summed E-state index contributed by atoms with van der Waals surface area (Å²) in [5, 5.41) is 2.89. The van der Waals surface area contributed by atoms with Gasteiger partial charge in [-0.15, -0.1) is 0 Å². The third-order valence-corrected chi connectivity index (χ3v) is 4.84. The zero-order valence-corrected chi connectivity index (χ0v) is 16.1. The predicted molar refractivity (Wildman–Crippen MR) is 110 cm³/mol. The zero-order chi connectivity index (χ0) is 19.8. The average molecular weight is 378 g/mol. The van der Waals surface area contributed by atoms with E-state index in [4.69, 9.17) is 4.74 Å². The lowest BCUT2D eigenvalue weighted by molar-refractivity contribution is -0.134. The van der Waals surface area contributed by atoms with Gasteiger partial charge in [-0.05, 0) is 42.2 Å². The molecule has 1 heterocycles. The van der Waals surface area contributed by atoms with E-state index < -0.39 is 6.04 Å². The summed E-state index contributed by atoms with van der Waals surface area (Å²) in [7, 11) is 1.60. The summed E-state index contributed by atoms with van der Waals surface area (Å²) in [6.07, 6.45) is 5.71. The van der Waals surface area contributed by atoms with E-state index in [0.717, 1.165) is 42.8 Å². The third kappa shape index (κ3) is 5.46. The van der Waals surface area contributed by atoms with E-state index in [0.29, 0.717) is 6.42 Å². The first-order valence-electron chi connectivity index (χ1n) is 9.61. The highest BCUT2D eigenvalue weighted by Gasteiger charge is 2.27. The van der Waals surface area contributed by atoms with Crippen molar-refractivity contribution in [2.75, 3.05) is 20.2 Å². The quantitative estimate of drug-likeness (QED) is 0.754. The Hall–Kier alpha value is -3.08. The molecule has 0 aliphatic carbocycles. The number of carbonyl (C=O) groups excluding carboxylic acids is 2. The molecule has 5 nitrogen and oxygen atoms in total. The Kier molecular flexibility index (Phi) is 6.84. The van der Waals surface area contributed by atoms with Crippen LogP contribution in [-0.4, -0.2) is 43.0 Å². The van der Waals surface area contributed by atoms with Gasteiger partial charge in [0.2, 0.25) is 11.8 Å². The maximum atomic E-state index is 12.9. The van der Waals surface area contributed by atoms with Crippen LogP contribution in [0.25, 0.3) is 6.08 Å². The molecule has 146 valence electrons. The molecule has 1 unspecified atom stereocenters. The molecule has 1 fully saturated rings. The molecule has 2 amide bonds. The molecule has 0 saturated carbocycles. The number of likely N-dealkylation sites (tertiary alicyclic amines) is 1. The van der Waals surface area contributed by atoms with E-state index in [2.05, 4.69) is 5.32 Å². The van der Waals surface area contributed by atoms with Gasteiger partial charge in [0, 0.05) is 25.6 Å². The molecule has 28 heavy (non-hydrogen) atoms. The Bertz CT molecular complexity index is 827. The second-order valence-corrected chi connectivity index (χ2v) is 6.89. The summed E-state index contributed by atoms with van der Waals surface area (Å²) < 4.78 is 5.20. The highest BCUT2D eigenvalue weighted by molar-refractivity contribution is 5.95. The maximum Gasteiger partial charge on any atom is 0.245 e. The Morgan fingerprint density at radius 1 is 1.11 bits per heavy atom. The number of hydrogen-bond donors (Lipinski definition) is 1. The van der Waals surface area contributed by atoms with Crippen LogP contribution in [0.3, 0.4) is 0 Å². The molecule has 2 aromatic carbocycles. The van der Waals surface area contributed by atoms with Crippen LogP contribution in [0.4, 0.5) is 0 Å². The van der Waals surface area contributed by atoms with Crippen molar-refractivity contribution >= 4 is 17.9 Å². The number of methoxy groups -OCH3 is 1. The molecule has 0 aromatic heterocycles. The topological polar surface area (TPSA) is 58.6 Å². The van der Waals surface area contributed by atoms with Crippen LogP contribution in [0, 0.1) is 0 Å². The van der Waals surface area contributed by atoms with Gasteiger partial charge >= 0.3 is 0 Å². The number of nitrogens with zero attached hydrogens (tertiary/aromatic N) is 1. The van der Waals surface area contributed by atoms with E-state index in [1.54, 1.807) is 13.2 Å². The van der Waals surface area contributed by atoms with E-state index in [1.807, 2.05) is 59.5 Å². The van der Waals surface area contributed by atoms with Crippen LogP contribution in [0.5, 0.6) is 5.75 Å². The Balaban J connectivity index is 1.69. The lowest BCUT2D eigenvalue weighted by Gasteiger charge is -2.23. The molecule has 1 atom stereocenters. The molecular formula is C23H26N2O3. The monoisotopic (exact) mass is 378 g/mol. The average Bonchev–Trinajstić information content (AvgIpc) is 3.27. The van der Waals surface area contributed by atoms with Crippen LogP contribution in [0.2, 0.25) is 0 Å². The highest BCUT2D eigenvalue weighted by atomic mass is 16.5. The van der Waals surface area contributed by atoms with Crippen molar-refractivity contribution in [2.45, 2.75) is 25.3 Å². The zero-order valence-electron chi connectivity index (χ0n) is 16.1. The molecule has 2 aromatic rings. The summed E-state index contributed by atoms with van der Waals surface area (Å²) in [6, 6.07) is 16.7. The van der Waals surface area contributed by atoms with Gasteiger partial charge < -0.3 is 15.0 Å². The van der Waals surface area contributed by atoms with E-state index >= 15 is 0 Å².